The zero-order valence-electron chi connectivity index (χ0n) is 8.11. The first kappa shape index (κ1) is 9.86. The van der Waals surface area contributed by atoms with E-state index in [2.05, 4.69) is 9.88 Å². The Morgan fingerprint density at radius 1 is 1.50 bits per heavy atom. The molecule has 1 fully saturated rings. The highest BCUT2D eigenvalue weighted by atomic mass is 32.2. The number of nitrogens with zero attached hydrogens (tertiary/aromatic N) is 2. The van der Waals surface area contributed by atoms with Crippen LogP contribution in [0.2, 0.25) is 0 Å². The van der Waals surface area contributed by atoms with Gasteiger partial charge >= 0.3 is 0 Å². The fraction of sp³-hybridized carbons (Fsp3) is 0.667. The minimum atomic E-state index is 0.268. The molecule has 1 aliphatic heterocycles. The standard InChI is InChI=1S/C9H15N3OS/c10-9-11-6-8(13-9)7-12-2-1-4-14-5-3-12/h6H,1-5,7H2,(H2,10,11). The van der Waals surface area contributed by atoms with Crippen molar-refractivity contribution in [3.8, 4) is 0 Å². The number of thioether (sulfide) groups is 1. The Kier molecular flexibility index (Phi) is 3.31. The largest absolute Gasteiger partial charge is 0.428 e. The van der Waals surface area contributed by atoms with Gasteiger partial charge in [-0.05, 0) is 18.7 Å². The predicted octanol–water partition coefficient (Wildman–Crippen LogP) is 1.20. The number of nitrogens with two attached hydrogens (primary N) is 1. The van der Waals surface area contributed by atoms with Crippen LogP contribution in [-0.4, -0.2) is 34.5 Å². The van der Waals surface area contributed by atoms with Crippen LogP contribution in [0.3, 0.4) is 0 Å². The van der Waals surface area contributed by atoms with Gasteiger partial charge in [-0.3, -0.25) is 4.90 Å². The second-order valence-electron chi connectivity index (χ2n) is 3.41. The second kappa shape index (κ2) is 4.70. The summed E-state index contributed by atoms with van der Waals surface area (Å²) in [6.45, 7) is 3.11. The fourth-order valence-electron chi connectivity index (χ4n) is 1.57. The molecule has 1 aromatic heterocycles. The molecule has 0 radical (unpaired) electrons. The topological polar surface area (TPSA) is 55.3 Å². The van der Waals surface area contributed by atoms with Gasteiger partial charge in [0.15, 0.2) is 0 Å². The summed E-state index contributed by atoms with van der Waals surface area (Å²) in [6.07, 6.45) is 2.97. The zero-order chi connectivity index (χ0) is 9.80. The number of rotatable bonds is 2. The van der Waals surface area contributed by atoms with Crippen LogP contribution in [0, 0.1) is 0 Å². The Morgan fingerprint density at radius 2 is 2.43 bits per heavy atom. The molecular weight excluding hydrogens is 198 g/mol. The Balaban J connectivity index is 1.89. The highest BCUT2D eigenvalue weighted by molar-refractivity contribution is 7.99. The molecular formula is C9H15N3OS. The van der Waals surface area contributed by atoms with Crippen molar-refractivity contribution in [3.05, 3.63) is 12.0 Å². The van der Waals surface area contributed by atoms with Gasteiger partial charge in [0.1, 0.15) is 5.76 Å². The summed E-state index contributed by atoms with van der Waals surface area (Å²) in [6, 6.07) is 0.268. The quantitative estimate of drug-likeness (QED) is 0.800. The Hall–Kier alpha value is -0.680. The lowest BCUT2D eigenvalue weighted by Crippen LogP contribution is -2.25. The molecule has 0 amide bonds. The summed E-state index contributed by atoms with van der Waals surface area (Å²) in [4.78, 5) is 6.27. The smallest absolute Gasteiger partial charge is 0.292 e. The van der Waals surface area contributed by atoms with Crippen LogP contribution >= 0.6 is 11.8 Å². The average Bonchev–Trinajstić information content (AvgIpc) is 2.43. The first-order chi connectivity index (χ1) is 6.84. The van der Waals surface area contributed by atoms with Gasteiger partial charge in [-0.15, -0.1) is 0 Å². The average molecular weight is 213 g/mol. The van der Waals surface area contributed by atoms with E-state index >= 15 is 0 Å². The summed E-state index contributed by atoms with van der Waals surface area (Å²) in [5, 5.41) is 0. The van der Waals surface area contributed by atoms with Crippen molar-refractivity contribution in [3.63, 3.8) is 0 Å². The summed E-state index contributed by atoms with van der Waals surface area (Å²) >= 11 is 2.02. The molecule has 2 N–H and O–H groups in total. The van der Waals surface area contributed by atoms with Gasteiger partial charge in [0, 0.05) is 12.3 Å². The van der Waals surface area contributed by atoms with Crippen molar-refractivity contribution < 1.29 is 4.42 Å². The maximum absolute atomic E-state index is 5.41. The van der Waals surface area contributed by atoms with Crippen molar-refractivity contribution in [2.24, 2.45) is 0 Å². The van der Waals surface area contributed by atoms with Gasteiger partial charge in [0.05, 0.1) is 12.7 Å². The third-order valence-electron chi connectivity index (χ3n) is 2.27. The van der Waals surface area contributed by atoms with E-state index in [-0.39, 0.29) is 6.01 Å². The van der Waals surface area contributed by atoms with Gasteiger partial charge < -0.3 is 10.2 Å². The van der Waals surface area contributed by atoms with Gasteiger partial charge in [-0.2, -0.15) is 11.8 Å². The lowest BCUT2D eigenvalue weighted by atomic mass is 10.3. The molecule has 0 bridgehead atoms. The molecule has 0 unspecified atom stereocenters. The first-order valence-corrected chi connectivity index (χ1v) is 6.00. The third-order valence-corrected chi connectivity index (χ3v) is 3.31. The molecule has 1 aliphatic rings. The normalized spacial score (nSPS) is 19.4. The van der Waals surface area contributed by atoms with Gasteiger partial charge in [0.25, 0.3) is 6.01 Å². The maximum Gasteiger partial charge on any atom is 0.292 e. The fourth-order valence-corrected chi connectivity index (χ4v) is 2.50. The molecule has 1 aromatic rings. The molecule has 2 rings (SSSR count). The van der Waals surface area contributed by atoms with Crippen molar-refractivity contribution >= 4 is 17.8 Å². The molecule has 14 heavy (non-hydrogen) atoms. The van der Waals surface area contributed by atoms with E-state index in [1.165, 1.54) is 17.9 Å². The Labute approximate surface area is 87.9 Å². The van der Waals surface area contributed by atoms with Crippen LogP contribution in [0.4, 0.5) is 6.01 Å². The number of nitrogen functional groups attached to an aromatic ring is 1. The molecule has 0 atom stereocenters. The lowest BCUT2D eigenvalue weighted by Gasteiger charge is -2.16. The summed E-state index contributed by atoms with van der Waals surface area (Å²) in [5.41, 5.74) is 5.41. The van der Waals surface area contributed by atoms with Gasteiger partial charge in [-0.25, -0.2) is 4.98 Å². The summed E-state index contributed by atoms with van der Waals surface area (Å²) in [7, 11) is 0. The van der Waals surface area contributed by atoms with Crippen LogP contribution in [0.25, 0.3) is 0 Å². The monoisotopic (exact) mass is 213 g/mol. The SMILES string of the molecule is Nc1ncc(CN2CCCSCC2)o1. The van der Waals surface area contributed by atoms with E-state index in [1.807, 2.05) is 11.8 Å². The third kappa shape index (κ3) is 2.65. The summed E-state index contributed by atoms with van der Waals surface area (Å²) < 4.78 is 5.25. The van der Waals surface area contributed by atoms with E-state index in [1.54, 1.807) is 6.20 Å². The highest BCUT2D eigenvalue weighted by Crippen LogP contribution is 2.14. The lowest BCUT2D eigenvalue weighted by molar-refractivity contribution is 0.264. The van der Waals surface area contributed by atoms with Crippen molar-refractivity contribution in [1.82, 2.24) is 9.88 Å². The molecule has 4 nitrogen and oxygen atoms in total. The van der Waals surface area contributed by atoms with E-state index in [4.69, 9.17) is 10.2 Å². The molecule has 0 spiro atoms. The molecule has 5 heteroatoms. The van der Waals surface area contributed by atoms with Crippen molar-refractivity contribution in [2.45, 2.75) is 13.0 Å². The maximum atomic E-state index is 5.41. The molecule has 0 saturated carbocycles. The number of anilines is 1. The number of aromatic nitrogens is 1. The van der Waals surface area contributed by atoms with Crippen molar-refractivity contribution in [1.29, 1.82) is 0 Å². The molecule has 78 valence electrons. The molecule has 2 heterocycles. The number of hydrogen-bond acceptors (Lipinski definition) is 5. The molecule has 0 aliphatic carbocycles. The van der Waals surface area contributed by atoms with Crippen LogP contribution in [0.5, 0.6) is 0 Å². The number of hydrogen-bond donors (Lipinski definition) is 1. The Bertz CT molecular complexity index is 281. The van der Waals surface area contributed by atoms with E-state index in [0.29, 0.717) is 0 Å². The van der Waals surface area contributed by atoms with Crippen LogP contribution in [0.1, 0.15) is 12.2 Å². The molecule has 1 saturated heterocycles. The van der Waals surface area contributed by atoms with Gasteiger partial charge in [0.2, 0.25) is 0 Å². The molecule has 0 aromatic carbocycles. The van der Waals surface area contributed by atoms with Crippen LogP contribution in [0.15, 0.2) is 10.6 Å². The minimum Gasteiger partial charge on any atom is -0.428 e. The van der Waals surface area contributed by atoms with Crippen molar-refractivity contribution in [2.75, 3.05) is 30.3 Å². The van der Waals surface area contributed by atoms with Gasteiger partial charge in [-0.1, -0.05) is 0 Å². The van der Waals surface area contributed by atoms with Crippen LogP contribution < -0.4 is 5.73 Å². The Morgan fingerprint density at radius 3 is 3.21 bits per heavy atom. The summed E-state index contributed by atoms with van der Waals surface area (Å²) in [5.74, 6) is 3.35. The minimum absolute atomic E-state index is 0.268. The van der Waals surface area contributed by atoms with Crippen LogP contribution in [-0.2, 0) is 6.54 Å². The zero-order valence-corrected chi connectivity index (χ0v) is 8.92. The first-order valence-electron chi connectivity index (χ1n) is 4.85. The second-order valence-corrected chi connectivity index (χ2v) is 4.63. The van der Waals surface area contributed by atoms with E-state index in [0.717, 1.165) is 25.4 Å². The number of oxazole rings is 1. The van der Waals surface area contributed by atoms with E-state index < -0.39 is 0 Å². The highest BCUT2D eigenvalue weighted by Gasteiger charge is 2.11. The van der Waals surface area contributed by atoms with E-state index in [9.17, 15) is 0 Å². The predicted molar refractivity (Wildman–Crippen MR) is 58.1 cm³/mol.